The minimum Gasteiger partial charge on any atom is -0.383 e. The number of hydrogen-bond acceptors (Lipinski definition) is 5. The third kappa shape index (κ3) is 3.92. The summed E-state index contributed by atoms with van der Waals surface area (Å²) in [5.74, 6) is 0.569. The van der Waals surface area contributed by atoms with Gasteiger partial charge in [-0.05, 0) is 48.4 Å². The highest BCUT2D eigenvalue weighted by Crippen LogP contribution is 2.35. The maximum Gasteiger partial charge on any atom is 0.260 e. The molecule has 136 valence electrons. The number of nitrogen functional groups attached to an aromatic ring is 2. The summed E-state index contributed by atoms with van der Waals surface area (Å²) in [6.45, 7) is 2.09. The zero-order valence-corrected chi connectivity index (χ0v) is 15.8. The molecule has 6 nitrogen and oxygen atoms in total. The Morgan fingerprint density at radius 1 is 1.15 bits per heavy atom. The van der Waals surface area contributed by atoms with Gasteiger partial charge >= 0.3 is 0 Å². The van der Waals surface area contributed by atoms with Crippen LogP contribution in [0.4, 0.5) is 11.6 Å². The zero-order valence-electron chi connectivity index (χ0n) is 14.2. The van der Waals surface area contributed by atoms with Gasteiger partial charge in [-0.25, -0.2) is 9.97 Å². The third-order valence-corrected chi connectivity index (χ3v) is 4.61. The van der Waals surface area contributed by atoms with E-state index in [0.717, 1.165) is 30.3 Å². The molecule has 1 fully saturated rings. The fraction of sp³-hybridized carbons (Fsp3) is 0.278. The molecular weight excluding hydrogens is 373 g/mol. The second-order valence-corrected chi connectivity index (χ2v) is 6.83. The SMILES string of the molecule is CCc1cc2cccc(Cl)c2c(=O)n1C1CC1.Nc1cc(N)nc(Cl)n1. The number of nitrogens with zero attached hydrogens (tertiary/aromatic N) is 3. The Morgan fingerprint density at radius 2 is 1.81 bits per heavy atom. The molecular formula is C18H19Cl2N5O. The van der Waals surface area contributed by atoms with E-state index in [1.54, 1.807) is 6.07 Å². The van der Waals surface area contributed by atoms with Crippen LogP contribution in [0.2, 0.25) is 10.3 Å². The first-order valence-corrected chi connectivity index (χ1v) is 9.04. The van der Waals surface area contributed by atoms with Crippen LogP contribution in [-0.4, -0.2) is 14.5 Å². The van der Waals surface area contributed by atoms with Crippen LogP contribution in [0.3, 0.4) is 0 Å². The summed E-state index contributed by atoms with van der Waals surface area (Å²) < 4.78 is 1.94. The molecule has 0 aliphatic heterocycles. The molecule has 0 bridgehead atoms. The fourth-order valence-electron chi connectivity index (χ4n) is 2.85. The summed E-state index contributed by atoms with van der Waals surface area (Å²) in [4.78, 5) is 19.7. The Hall–Kier alpha value is -2.31. The van der Waals surface area contributed by atoms with Gasteiger partial charge < -0.3 is 16.0 Å². The van der Waals surface area contributed by atoms with Crippen molar-refractivity contribution in [1.82, 2.24) is 14.5 Å². The van der Waals surface area contributed by atoms with E-state index < -0.39 is 0 Å². The van der Waals surface area contributed by atoms with Crippen molar-refractivity contribution >= 4 is 45.6 Å². The Labute approximate surface area is 160 Å². The molecule has 3 aromatic rings. The monoisotopic (exact) mass is 391 g/mol. The highest BCUT2D eigenvalue weighted by molar-refractivity contribution is 6.35. The van der Waals surface area contributed by atoms with E-state index in [1.165, 1.54) is 6.07 Å². The molecule has 0 unspecified atom stereocenters. The second kappa shape index (κ2) is 7.51. The van der Waals surface area contributed by atoms with Crippen LogP contribution in [0.15, 0.2) is 35.1 Å². The van der Waals surface area contributed by atoms with Crippen molar-refractivity contribution in [1.29, 1.82) is 0 Å². The Morgan fingerprint density at radius 3 is 2.35 bits per heavy atom. The molecule has 1 aliphatic carbocycles. The highest BCUT2D eigenvalue weighted by Gasteiger charge is 2.27. The third-order valence-electron chi connectivity index (χ3n) is 4.12. The van der Waals surface area contributed by atoms with Crippen molar-refractivity contribution in [3.63, 3.8) is 0 Å². The lowest BCUT2D eigenvalue weighted by Gasteiger charge is -2.12. The molecule has 8 heteroatoms. The molecule has 4 N–H and O–H groups in total. The Bertz CT molecular complexity index is 964. The van der Waals surface area contributed by atoms with Crippen molar-refractivity contribution in [3.05, 3.63) is 56.7 Å². The first-order valence-electron chi connectivity index (χ1n) is 8.29. The van der Waals surface area contributed by atoms with Crippen LogP contribution >= 0.6 is 23.2 Å². The molecule has 1 saturated carbocycles. The van der Waals surface area contributed by atoms with Gasteiger partial charge in [-0.1, -0.05) is 30.7 Å². The lowest BCUT2D eigenvalue weighted by molar-refractivity contribution is 0.670. The lowest BCUT2D eigenvalue weighted by Crippen LogP contribution is -2.22. The summed E-state index contributed by atoms with van der Waals surface area (Å²) >= 11 is 11.5. The molecule has 1 aliphatic rings. The number of rotatable bonds is 2. The normalized spacial score (nSPS) is 13.3. The molecule has 26 heavy (non-hydrogen) atoms. The number of anilines is 2. The van der Waals surface area contributed by atoms with Crippen LogP contribution < -0.4 is 17.0 Å². The van der Waals surface area contributed by atoms with Gasteiger partial charge in [0.25, 0.3) is 5.56 Å². The Kier molecular flexibility index (Phi) is 5.34. The van der Waals surface area contributed by atoms with E-state index in [2.05, 4.69) is 23.0 Å². The van der Waals surface area contributed by atoms with Gasteiger partial charge in [0, 0.05) is 17.8 Å². The van der Waals surface area contributed by atoms with E-state index in [9.17, 15) is 4.79 Å². The molecule has 0 saturated heterocycles. The quantitative estimate of drug-likeness (QED) is 0.646. The molecule has 4 rings (SSSR count). The van der Waals surface area contributed by atoms with E-state index in [0.29, 0.717) is 16.5 Å². The molecule has 2 heterocycles. The van der Waals surface area contributed by atoms with Gasteiger partial charge in [0.2, 0.25) is 5.28 Å². The van der Waals surface area contributed by atoms with Gasteiger partial charge in [-0.2, -0.15) is 0 Å². The number of aromatic nitrogens is 3. The number of nitrogens with two attached hydrogens (primary N) is 2. The summed E-state index contributed by atoms with van der Waals surface area (Å²) in [5.41, 5.74) is 11.7. The molecule has 2 aromatic heterocycles. The number of fused-ring (bicyclic) bond motifs is 1. The summed E-state index contributed by atoms with van der Waals surface area (Å²) in [5, 5.41) is 2.26. The van der Waals surface area contributed by atoms with Crippen molar-refractivity contribution in [2.45, 2.75) is 32.2 Å². The van der Waals surface area contributed by atoms with Crippen molar-refractivity contribution in [3.8, 4) is 0 Å². The summed E-state index contributed by atoms with van der Waals surface area (Å²) in [6, 6.07) is 9.57. The van der Waals surface area contributed by atoms with Crippen LogP contribution in [0.25, 0.3) is 10.8 Å². The number of hydrogen-bond donors (Lipinski definition) is 2. The average Bonchev–Trinajstić information content (AvgIpc) is 3.38. The van der Waals surface area contributed by atoms with Crippen molar-refractivity contribution < 1.29 is 0 Å². The average molecular weight is 392 g/mol. The predicted molar refractivity (Wildman–Crippen MR) is 107 cm³/mol. The van der Waals surface area contributed by atoms with Crippen molar-refractivity contribution in [2.75, 3.05) is 11.5 Å². The maximum atomic E-state index is 12.5. The number of halogens is 2. The fourth-order valence-corrected chi connectivity index (χ4v) is 3.30. The summed E-state index contributed by atoms with van der Waals surface area (Å²) in [7, 11) is 0. The van der Waals surface area contributed by atoms with E-state index >= 15 is 0 Å². The highest BCUT2D eigenvalue weighted by atomic mass is 35.5. The van der Waals surface area contributed by atoms with Gasteiger partial charge in [-0.15, -0.1) is 0 Å². The molecule has 1 aromatic carbocycles. The number of aryl methyl sites for hydroxylation is 1. The minimum absolute atomic E-state index is 0.0763. The molecule has 0 atom stereocenters. The van der Waals surface area contributed by atoms with E-state index in [1.807, 2.05) is 16.7 Å². The molecule has 0 radical (unpaired) electrons. The number of pyridine rings is 1. The minimum atomic E-state index is 0.0763. The largest absolute Gasteiger partial charge is 0.383 e. The first kappa shape index (κ1) is 18.5. The van der Waals surface area contributed by atoms with Gasteiger partial charge in [0.15, 0.2) is 0 Å². The molecule has 0 amide bonds. The van der Waals surface area contributed by atoms with Gasteiger partial charge in [0.05, 0.1) is 10.4 Å². The molecule has 0 spiro atoms. The first-order chi connectivity index (χ1) is 12.4. The van der Waals surface area contributed by atoms with Crippen LogP contribution in [-0.2, 0) is 6.42 Å². The van der Waals surface area contributed by atoms with Gasteiger partial charge in [-0.3, -0.25) is 4.79 Å². The lowest BCUT2D eigenvalue weighted by atomic mass is 10.1. The van der Waals surface area contributed by atoms with Crippen LogP contribution in [0, 0.1) is 0 Å². The topological polar surface area (TPSA) is 99.8 Å². The predicted octanol–water partition coefficient (Wildman–Crippen LogP) is 3.85. The van der Waals surface area contributed by atoms with Crippen molar-refractivity contribution in [2.24, 2.45) is 0 Å². The van der Waals surface area contributed by atoms with E-state index in [4.69, 9.17) is 34.7 Å². The van der Waals surface area contributed by atoms with E-state index in [-0.39, 0.29) is 22.5 Å². The van der Waals surface area contributed by atoms with Crippen LogP contribution in [0.5, 0.6) is 0 Å². The smallest absolute Gasteiger partial charge is 0.260 e. The van der Waals surface area contributed by atoms with Gasteiger partial charge in [0.1, 0.15) is 11.6 Å². The standard InChI is InChI=1S/C14H14ClNO.C4H5ClN4/c1-2-10-8-9-4-3-5-12(15)13(9)14(17)16(10)11-6-7-11;5-4-8-2(6)1-3(7)9-4/h3-5,8,11H,2,6-7H2,1H3;1H,(H4,6,7,8,9). The zero-order chi connectivity index (χ0) is 18.8. The Balaban J connectivity index is 0.000000185. The number of benzene rings is 1. The second-order valence-electron chi connectivity index (χ2n) is 6.09. The summed E-state index contributed by atoms with van der Waals surface area (Å²) in [6.07, 6.45) is 3.11. The maximum absolute atomic E-state index is 12.5. The van der Waals surface area contributed by atoms with Crippen LogP contribution in [0.1, 0.15) is 31.5 Å².